The number of benzene rings is 1. The first-order chi connectivity index (χ1) is 9.42. The summed E-state index contributed by atoms with van der Waals surface area (Å²) in [5, 5.41) is 0. The molecule has 0 heterocycles. The van der Waals surface area contributed by atoms with Gasteiger partial charge < -0.3 is 0 Å². The fraction of sp³-hybridized carbons (Fsp3) is 0.200. The van der Waals surface area contributed by atoms with Crippen molar-refractivity contribution in [2.75, 3.05) is 6.54 Å². The van der Waals surface area contributed by atoms with Crippen molar-refractivity contribution >= 4 is 21.8 Å². The minimum atomic E-state index is -3.94. The van der Waals surface area contributed by atoms with Crippen molar-refractivity contribution in [2.24, 2.45) is 11.7 Å². The van der Waals surface area contributed by atoms with Gasteiger partial charge in [-0.05, 0) is 12.1 Å². The molecular formula is C10H15N5O4S. The van der Waals surface area contributed by atoms with Gasteiger partial charge in [0, 0.05) is 13.0 Å². The van der Waals surface area contributed by atoms with E-state index >= 15 is 0 Å². The fourth-order valence-corrected chi connectivity index (χ4v) is 2.65. The second-order valence-corrected chi connectivity index (χ2v) is 5.42. The molecule has 0 aromatic heterocycles. The highest BCUT2D eigenvalue weighted by atomic mass is 32.2. The van der Waals surface area contributed by atoms with Gasteiger partial charge in [-0.15, -0.1) is 0 Å². The van der Waals surface area contributed by atoms with E-state index in [2.05, 4.69) is 4.72 Å². The van der Waals surface area contributed by atoms with Crippen LogP contribution in [0.4, 0.5) is 0 Å². The van der Waals surface area contributed by atoms with Crippen LogP contribution in [0.15, 0.2) is 29.2 Å². The van der Waals surface area contributed by atoms with Crippen LogP contribution in [-0.2, 0) is 14.8 Å². The quantitative estimate of drug-likeness (QED) is 0.231. The average molecular weight is 301 g/mol. The van der Waals surface area contributed by atoms with Gasteiger partial charge in [-0.1, -0.05) is 12.1 Å². The average Bonchev–Trinajstić information content (AvgIpc) is 2.46. The van der Waals surface area contributed by atoms with Gasteiger partial charge in [-0.2, -0.15) is 0 Å². The highest BCUT2D eigenvalue weighted by Gasteiger charge is 2.21. The maximum atomic E-state index is 12.0. The lowest BCUT2D eigenvalue weighted by molar-refractivity contribution is -0.121. The summed E-state index contributed by atoms with van der Waals surface area (Å²) < 4.78 is 26.3. The number of amides is 2. The molecule has 0 saturated heterocycles. The molecule has 0 radical (unpaired) electrons. The zero-order valence-corrected chi connectivity index (χ0v) is 11.2. The van der Waals surface area contributed by atoms with Crippen LogP contribution in [0, 0.1) is 0 Å². The molecular weight excluding hydrogens is 286 g/mol. The first kappa shape index (κ1) is 16.0. The van der Waals surface area contributed by atoms with Crippen molar-refractivity contribution in [3.8, 4) is 0 Å². The largest absolute Gasteiger partial charge is 0.294 e. The molecule has 0 bridgehead atoms. The number of sulfonamides is 1. The number of nitrogens with one attached hydrogen (secondary N) is 3. The summed E-state index contributed by atoms with van der Waals surface area (Å²) in [5.41, 5.74) is 3.65. The number of hydrogen-bond donors (Lipinski definition) is 5. The minimum Gasteiger partial charge on any atom is -0.294 e. The van der Waals surface area contributed by atoms with E-state index in [-0.39, 0.29) is 23.4 Å². The van der Waals surface area contributed by atoms with Crippen LogP contribution in [0.3, 0.4) is 0 Å². The van der Waals surface area contributed by atoms with Crippen molar-refractivity contribution in [3.63, 3.8) is 0 Å². The third kappa shape index (κ3) is 3.99. The number of hydrogen-bond acceptors (Lipinski definition) is 6. The topological polar surface area (TPSA) is 156 Å². The molecule has 0 aliphatic carbocycles. The predicted molar refractivity (Wildman–Crippen MR) is 70.2 cm³/mol. The van der Waals surface area contributed by atoms with E-state index in [1.165, 1.54) is 24.3 Å². The van der Waals surface area contributed by atoms with Crippen molar-refractivity contribution in [2.45, 2.75) is 11.3 Å². The smallest absolute Gasteiger partial charge is 0.266 e. The molecule has 2 amide bonds. The molecule has 0 spiro atoms. The second-order valence-electron chi connectivity index (χ2n) is 3.68. The van der Waals surface area contributed by atoms with Gasteiger partial charge in [0.2, 0.25) is 15.9 Å². The predicted octanol–water partition coefficient (Wildman–Crippen LogP) is -2.05. The van der Waals surface area contributed by atoms with E-state index in [0.717, 1.165) is 0 Å². The Morgan fingerprint density at radius 2 is 1.75 bits per heavy atom. The zero-order valence-electron chi connectivity index (χ0n) is 10.4. The number of rotatable bonds is 6. The Morgan fingerprint density at radius 3 is 2.35 bits per heavy atom. The van der Waals surface area contributed by atoms with E-state index < -0.39 is 21.8 Å². The lowest BCUT2D eigenvalue weighted by Gasteiger charge is -2.10. The van der Waals surface area contributed by atoms with Crippen LogP contribution in [0.25, 0.3) is 0 Å². The summed E-state index contributed by atoms with van der Waals surface area (Å²) in [6.07, 6.45) is -0.124. The molecule has 9 nitrogen and oxygen atoms in total. The molecule has 7 N–H and O–H groups in total. The summed E-state index contributed by atoms with van der Waals surface area (Å²) in [5.74, 6) is 8.62. The van der Waals surface area contributed by atoms with Gasteiger partial charge in [0.25, 0.3) is 5.91 Å². The number of carbonyl (C=O) groups is 2. The highest BCUT2D eigenvalue weighted by molar-refractivity contribution is 7.89. The summed E-state index contributed by atoms with van der Waals surface area (Å²) >= 11 is 0. The third-order valence-corrected chi connectivity index (χ3v) is 3.88. The Kier molecular flexibility index (Phi) is 5.58. The fourth-order valence-electron chi connectivity index (χ4n) is 1.42. The normalized spacial score (nSPS) is 10.9. The summed E-state index contributed by atoms with van der Waals surface area (Å²) in [6.45, 7) is -0.149. The maximum absolute atomic E-state index is 12.0. The molecule has 0 fully saturated rings. The molecule has 10 heteroatoms. The molecule has 0 saturated carbocycles. The first-order valence-corrected chi connectivity index (χ1v) is 6.99. The Hall–Kier alpha value is -2.01. The molecule has 1 aromatic carbocycles. The number of hydrazine groups is 2. The van der Waals surface area contributed by atoms with Crippen LogP contribution in [0.1, 0.15) is 16.8 Å². The Labute approximate surface area is 115 Å². The van der Waals surface area contributed by atoms with Crippen LogP contribution in [0.2, 0.25) is 0 Å². The Balaban J connectivity index is 2.93. The van der Waals surface area contributed by atoms with E-state index in [9.17, 15) is 18.0 Å². The first-order valence-electron chi connectivity index (χ1n) is 5.51. The van der Waals surface area contributed by atoms with Crippen molar-refractivity contribution < 1.29 is 18.0 Å². The summed E-state index contributed by atoms with van der Waals surface area (Å²) in [6, 6.07) is 5.55. The Morgan fingerprint density at radius 1 is 1.10 bits per heavy atom. The van der Waals surface area contributed by atoms with Crippen molar-refractivity contribution in [1.82, 2.24) is 15.6 Å². The van der Waals surface area contributed by atoms with Gasteiger partial charge >= 0.3 is 0 Å². The molecule has 110 valence electrons. The number of carbonyl (C=O) groups excluding carboxylic acids is 2. The molecule has 1 aromatic rings. The maximum Gasteiger partial charge on any atom is 0.266 e. The second kappa shape index (κ2) is 6.96. The monoisotopic (exact) mass is 301 g/mol. The standard InChI is InChI=1S/C10H15N5O4S/c11-14-9(16)5-6-13-20(18,19)8-4-2-1-3-7(8)10(17)15-12/h1-4,13H,5-6,11-12H2,(H,14,16)(H,15,17). The van der Waals surface area contributed by atoms with Crippen molar-refractivity contribution in [1.29, 1.82) is 0 Å². The van der Waals surface area contributed by atoms with Crippen LogP contribution in [0.5, 0.6) is 0 Å². The molecule has 0 atom stereocenters. The summed E-state index contributed by atoms with van der Waals surface area (Å²) in [4.78, 5) is 22.2. The van der Waals surface area contributed by atoms with Crippen LogP contribution in [-0.4, -0.2) is 26.8 Å². The highest BCUT2D eigenvalue weighted by Crippen LogP contribution is 2.14. The van der Waals surface area contributed by atoms with Gasteiger partial charge in [0.1, 0.15) is 0 Å². The molecule has 20 heavy (non-hydrogen) atoms. The van der Waals surface area contributed by atoms with Crippen LogP contribution >= 0.6 is 0 Å². The Bertz CT molecular complexity index is 601. The zero-order chi connectivity index (χ0) is 15.2. The molecule has 0 unspecified atom stereocenters. The lowest BCUT2D eigenvalue weighted by atomic mass is 10.2. The van der Waals surface area contributed by atoms with E-state index in [0.29, 0.717) is 0 Å². The molecule has 0 aliphatic heterocycles. The van der Waals surface area contributed by atoms with Gasteiger partial charge in [-0.25, -0.2) is 24.8 Å². The number of nitrogens with two attached hydrogens (primary N) is 2. The van der Waals surface area contributed by atoms with E-state index in [4.69, 9.17) is 11.7 Å². The van der Waals surface area contributed by atoms with E-state index in [1.807, 2.05) is 10.9 Å². The summed E-state index contributed by atoms with van der Waals surface area (Å²) in [7, 11) is -3.94. The van der Waals surface area contributed by atoms with Gasteiger partial charge in [0.15, 0.2) is 0 Å². The van der Waals surface area contributed by atoms with Crippen LogP contribution < -0.4 is 27.3 Å². The SMILES string of the molecule is NNC(=O)CCNS(=O)(=O)c1ccccc1C(=O)NN. The molecule has 0 aliphatic rings. The lowest BCUT2D eigenvalue weighted by Crippen LogP contribution is -2.35. The minimum absolute atomic E-state index is 0.0919. The third-order valence-electron chi connectivity index (χ3n) is 2.36. The van der Waals surface area contributed by atoms with E-state index in [1.54, 1.807) is 0 Å². The van der Waals surface area contributed by atoms with Gasteiger partial charge in [0.05, 0.1) is 10.5 Å². The number of nitrogen functional groups attached to an aromatic ring is 1. The van der Waals surface area contributed by atoms with Crippen molar-refractivity contribution in [3.05, 3.63) is 29.8 Å². The molecule has 1 rings (SSSR count). The van der Waals surface area contributed by atoms with Gasteiger partial charge in [-0.3, -0.25) is 20.4 Å².